The minimum Gasteiger partial charge on any atom is -0.508 e. The van der Waals surface area contributed by atoms with Crippen LogP contribution in [0.1, 0.15) is 31.4 Å². The van der Waals surface area contributed by atoms with E-state index in [-0.39, 0.29) is 11.8 Å². The molecule has 0 aromatic heterocycles. The van der Waals surface area contributed by atoms with Crippen LogP contribution in [0, 0.1) is 11.8 Å². The number of fused-ring (bicyclic) bond motifs is 1. The van der Waals surface area contributed by atoms with Crippen molar-refractivity contribution in [2.45, 2.75) is 33.2 Å². The fraction of sp³-hybridized carbons (Fsp3) is 0.632. The summed E-state index contributed by atoms with van der Waals surface area (Å²) in [7, 11) is 0. The van der Waals surface area contributed by atoms with E-state index in [1.165, 1.54) is 12.0 Å². The number of hydrogen-bond acceptors (Lipinski definition) is 3. The summed E-state index contributed by atoms with van der Waals surface area (Å²) in [5, 5.41) is 12.7. The lowest BCUT2D eigenvalue weighted by Crippen LogP contribution is -2.47. The van der Waals surface area contributed by atoms with Gasteiger partial charge in [-0.3, -0.25) is 0 Å². The molecule has 0 spiro atoms. The molecule has 24 heavy (non-hydrogen) atoms. The van der Waals surface area contributed by atoms with Crippen LogP contribution < -0.4 is 5.32 Å². The second-order valence-electron chi connectivity index (χ2n) is 7.56. The standard InChI is InChI=1S/C19H29N3O2/c1-14-9-15(2)12-21(11-14)8-6-20-19(24)22-7-5-16-3-4-18(23)10-17(16)13-22/h3-4,10,14-15,23H,5-9,11-13H2,1-2H3,(H,20,24)/t14-,15+. The zero-order valence-corrected chi connectivity index (χ0v) is 14.8. The van der Waals surface area contributed by atoms with Gasteiger partial charge in [0.2, 0.25) is 0 Å². The second kappa shape index (κ2) is 7.43. The topological polar surface area (TPSA) is 55.8 Å². The Labute approximate surface area is 144 Å². The molecule has 1 fully saturated rings. The summed E-state index contributed by atoms with van der Waals surface area (Å²) in [6.45, 7) is 9.82. The quantitative estimate of drug-likeness (QED) is 0.894. The molecule has 0 aliphatic carbocycles. The van der Waals surface area contributed by atoms with Gasteiger partial charge in [-0.2, -0.15) is 0 Å². The number of carbonyl (C=O) groups is 1. The average molecular weight is 331 g/mol. The van der Waals surface area contributed by atoms with Crippen LogP contribution >= 0.6 is 0 Å². The number of amides is 2. The maximum absolute atomic E-state index is 12.4. The molecule has 0 unspecified atom stereocenters. The van der Waals surface area contributed by atoms with E-state index in [4.69, 9.17) is 0 Å². The molecule has 0 bridgehead atoms. The van der Waals surface area contributed by atoms with E-state index in [9.17, 15) is 9.90 Å². The van der Waals surface area contributed by atoms with Crippen LogP contribution in [0.15, 0.2) is 18.2 Å². The van der Waals surface area contributed by atoms with Crippen LogP contribution in [0.3, 0.4) is 0 Å². The minimum absolute atomic E-state index is 0.00194. The Bertz CT molecular complexity index is 580. The van der Waals surface area contributed by atoms with E-state index in [1.54, 1.807) is 12.1 Å². The molecule has 2 aliphatic rings. The van der Waals surface area contributed by atoms with Crippen LogP contribution in [0.2, 0.25) is 0 Å². The van der Waals surface area contributed by atoms with Gasteiger partial charge < -0.3 is 20.2 Å². The van der Waals surface area contributed by atoms with Gasteiger partial charge in [-0.15, -0.1) is 0 Å². The van der Waals surface area contributed by atoms with Crippen LogP contribution in [-0.4, -0.2) is 53.7 Å². The first-order chi connectivity index (χ1) is 11.5. The maximum atomic E-state index is 12.4. The lowest BCUT2D eigenvalue weighted by Gasteiger charge is -2.35. The van der Waals surface area contributed by atoms with Crippen molar-refractivity contribution < 1.29 is 9.90 Å². The van der Waals surface area contributed by atoms with E-state index < -0.39 is 0 Å². The van der Waals surface area contributed by atoms with Gasteiger partial charge in [0.25, 0.3) is 0 Å². The second-order valence-corrected chi connectivity index (χ2v) is 7.56. The maximum Gasteiger partial charge on any atom is 0.317 e. The fourth-order valence-electron chi connectivity index (χ4n) is 4.12. The van der Waals surface area contributed by atoms with Gasteiger partial charge in [0.1, 0.15) is 5.75 Å². The van der Waals surface area contributed by atoms with Crippen molar-refractivity contribution in [3.8, 4) is 5.75 Å². The molecule has 1 aromatic carbocycles. The Morgan fingerprint density at radius 3 is 2.75 bits per heavy atom. The number of benzene rings is 1. The van der Waals surface area contributed by atoms with Crippen LogP contribution in [-0.2, 0) is 13.0 Å². The van der Waals surface area contributed by atoms with Crippen molar-refractivity contribution in [2.75, 3.05) is 32.7 Å². The van der Waals surface area contributed by atoms with Gasteiger partial charge in [-0.25, -0.2) is 4.79 Å². The Morgan fingerprint density at radius 2 is 2.00 bits per heavy atom. The smallest absolute Gasteiger partial charge is 0.317 e. The molecule has 1 saturated heterocycles. The first-order valence-corrected chi connectivity index (χ1v) is 9.07. The third-order valence-corrected chi connectivity index (χ3v) is 5.14. The Balaban J connectivity index is 1.46. The number of piperidine rings is 1. The number of phenols is 1. The summed E-state index contributed by atoms with van der Waals surface area (Å²) in [4.78, 5) is 16.7. The predicted octanol–water partition coefficient (Wildman–Crippen LogP) is 2.44. The highest BCUT2D eigenvalue weighted by molar-refractivity contribution is 5.74. The van der Waals surface area contributed by atoms with Crippen molar-refractivity contribution >= 4 is 6.03 Å². The number of nitrogens with one attached hydrogen (secondary N) is 1. The van der Waals surface area contributed by atoms with E-state index in [2.05, 4.69) is 24.1 Å². The molecule has 5 nitrogen and oxygen atoms in total. The van der Waals surface area contributed by atoms with Gasteiger partial charge in [-0.05, 0) is 47.9 Å². The molecule has 2 aliphatic heterocycles. The van der Waals surface area contributed by atoms with Crippen molar-refractivity contribution in [1.82, 2.24) is 15.1 Å². The van der Waals surface area contributed by atoms with Crippen LogP contribution in [0.5, 0.6) is 5.75 Å². The zero-order chi connectivity index (χ0) is 17.1. The molecule has 2 atom stereocenters. The fourth-order valence-corrected chi connectivity index (χ4v) is 4.12. The van der Waals surface area contributed by atoms with Crippen molar-refractivity contribution in [1.29, 1.82) is 0 Å². The number of hydrogen-bond donors (Lipinski definition) is 2. The lowest BCUT2D eigenvalue weighted by atomic mass is 9.92. The molecule has 2 heterocycles. The van der Waals surface area contributed by atoms with Crippen molar-refractivity contribution in [3.63, 3.8) is 0 Å². The van der Waals surface area contributed by atoms with Gasteiger partial charge in [0, 0.05) is 39.3 Å². The molecule has 132 valence electrons. The monoisotopic (exact) mass is 331 g/mol. The van der Waals surface area contributed by atoms with E-state index in [1.807, 2.05) is 11.0 Å². The third-order valence-electron chi connectivity index (χ3n) is 5.14. The van der Waals surface area contributed by atoms with Gasteiger partial charge in [-0.1, -0.05) is 19.9 Å². The third kappa shape index (κ3) is 4.20. The van der Waals surface area contributed by atoms with Gasteiger partial charge >= 0.3 is 6.03 Å². The van der Waals surface area contributed by atoms with Crippen LogP contribution in [0.4, 0.5) is 4.79 Å². The normalized spacial score (nSPS) is 24.5. The van der Waals surface area contributed by atoms with Crippen molar-refractivity contribution in [3.05, 3.63) is 29.3 Å². The van der Waals surface area contributed by atoms with E-state index in [0.717, 1.165) is 50.0 Å². The summed E-state index contributed by atoms with van der Waals surface area (Å²) < 4.78 is 0. The molecule has 0 radical (unpaired) electrons. The summed E-state index contributed by atoms with van der Waals surface area (Å²) in [6.07, 6.45) is 2.16. The Morgan fingerprint density at radius 1 is 1.25 bits per heavy atom. The summed E-state index contributed by atoms with van der Waals surface area (Å²) in [6, 6.07) is 5.45. The minimum atomic E-state index is 0.00194. The highest BCUT2D eigenvalue weighted by Crippen LogP contribution is 2.23. The number of aromatic hydroxyl groups is 1. The van der Waals surface area contributed by atoms with Gasteiger partial charge in [0.15, 0.2) is 0 Å². The highest BCUT2D eigenvalue weighted by atomic mass is 16.3. The van der Waals surface area contributed by atoms with Crippen LogP contribution in [0.25, 0.3) is 0 Å². The molecule has 2 amide bonds. The first kappa shape index (κ1) is 17.1. The number of urea groups is 1. The molecular formula is C19H29N3O2. The lowest BCUT2D eigenvalue weighted by molar-refractivity contribution is 0.140. The van der Waals surface area contributed by atoms with E-state index in [0.29, 0.717) is 13.1 Å². The summed E-state index contributed by atoms with van der Waals surface area (Å²) in [5.41, 5.74) is 2.28. The molecule has 5 heteroatoms. The number of rotatable bonds is 3. The number of carbonyl (C=O) groups excluding carboxylic acids is 1. The Kier molecular flexibility index (Phi) is 5.29. The summed E-state index contributed by atoms with van der Waals surface area (Å²) in [5.74, 6) is 1.76. The number of phenolic OH excluding ortho intramolecular Hbond substituents is 1. The number of likely N-dealkylation sites (tertiary alicyclic amines) is 1. The SMILES string of the molecule is C[C@@H]1C[C@H](C)CN(CCNC(=O)N2CCc3ccc(O)cc3C2)C1. The predicted molar refractivity (Wildman–Crippen MR) is 95.0 cm³/mol. The highest BCUT2D eigenvalue weighted by Gasteiger charge is 2.23. The molecule has 0 saturated carbocycles. The van der Waals surface area contributed by atoms with E-state index >= 15 is 0 Å². The molecular weight excluding hydrogens is 302 g/mol. The number of nitrogens with zero attached hydrogens (tertiary/aromatic N) is 2. The first-order valence-electron chi connectivity index (χ1n) is 9.07. The average Bonchev–Trinajstić information content (AvgIpc) is 2.53. The zero-order valence-electron chi connectivity index (χ0n) is 14.8. The molecule has 1 aromatic rings. The summed E-state index contributed by atoms with van der Waals surface area (Å²) >= 11 is 0. The largest absolute Gasteiger partial charge is 0.508 e. The van der Waals surface area contributed by atoms with Gasteiger partial charge in [0.05, 0.1) is 0 Å². The van der Waals surface area contributed by atoms with Crippen molar-refractivity contribution in [2.24, 2.45) is 11.8 Å². The molecule has 2 N–H and O–H groups in total. The Hall–Kier alpha value is -1.75. The molecule has 3 rings (SSSR count).